The molecular formula is C14H27NO2. The van der Waals surface area contributed by atoms with Gasteiger partial charge in [0, 0.05) is 19.7 Å². The third kappa shape index (κ3) is 4.23. The van der Waals surface area contributed by atoms with Crippen LogP contribution in [-0.4, -0.2) is 37.5 Å². The molecule has 0 heterocycles. The molecule has 0 aromatic rings. The van der Waals surface area contributed by atoms with Crippen molar-refractivity contribution in [3.63, 3.8) is 0 Å². The molecule has 0 amide bonds. The highest BCUT2D eigenvalue weighted by Crippen LogP contribution is 2.60. The van der Waals surface area contributed by atoms with E-state index in [9.17, 15) is 5.11 Å². The van der Waals surface area contributed by atoms with Crippen LogP contribution in [0.4, 0.5) is 0 Å². The van der Waals surface area contributed by atoms with Gasteiger partial charge in [0.2, 0.25) is 0 Å². The lowest BCUT2D eigenvalue weighted by Crippen LogP contribution is -2.35. The first kappa shape index (κ1) is 13.3. The fraction of sp³-hybridized carbons (Fsp3) is 1.00. The fourth-order valence-electron chi connectivity index (χ4n) is 2.57. The minimum Gasteiger partial charge on any atom is -0.389 e. The first-order valence-corrected chi connectivity index (χ1v) is 7.09. The summed E-state index contributed by atoms with van der Waals surface area (Å²) >= 11 is 0. The Bertz CT molecular complexity index is 234. The second kappa shape index (κ2) is 5.68. The monoisotopic (exact) mass is 241 g/mol. The van der Waals surface area contributed by atoms with Crippen molar-refractivity contribution in [3.05, 3.63) is 0 Å². The van der Waals surface area contributed by atoms with Crippen LogP contribution in [0.1, 0.15) is 39.5 Å². The number of nitrogens with one attached hydrogen (secondary N) is 1. The van der Waals surface area contributed by atoms with Gasteiger partial charge in [-0.05, 0) is 42.9 Å². The highest BCUT2D eigenvalue weighted by Gasteiger charge is 2.53. The number of rotatable bonds is 9. The third-order valence-corrected chi connectivity index (χ3v) is 3.95. The molecule has 0 bridgehead atoms. The Morgan fingerprint density at radius 2 is 2.00 bits per heavy atom. The molecule has 1 unspecified atom stereocenters. The van der Waals surface area contributed by atoms with E-state index in [-0.39, 0.29) is 6.10 Å². The maximum Gasteiger partial charge on any atom is 0.0897 e. The van der Waals surface area contributed by atoms with Gasteiger partial charge in [0.25, 0.3) is 0 Å². The van der Waals surface area contributed by atoms with E-state index in [0.29, 0.717) is 24.5 Å². The SMILES string of the molecule is CC(C)COCC(O)CNCC1(C2CC2)CC1. The highest BCUT2D eigenvalue weighted by atomic mass is 16.5. The van der Waals surface area contributed by atoms with Crippen LogP contribution < -0.4 is 5.32 Å². The molecule has 100 valence electrons. The molecular weight excluding hydrogens is 214 g/mol. The Hall–Kier alpha value is -0.120. The van der Waals surface area contributed by atoms with Crippen molar-refractivity contribution in [3.8, 4) is 0 Å². The summed E-state index contributed by atoms with van der Waals surface area (Å²) in [5.41, 5.74) is 0.624. The van der Waals surface area contributed by atoms with Crippen molar-refractivity contribution in [2.45, 2.75) is 45.6 Å². The molecule has 2 N–H and O–H groups in total. The van der Waals surface area contributed by atoms with Crippen LogP contribution >= 0.6 is 0 Å². The van der Waals surface area contributed by atoms with Gasteiger partial charge in [-0.15, -0.1) is 0 Å². The van der Waals surface area contributed by atoms with Crippen molar-refractivity contribution in [2.24, 2.45) is 17.3 Å². The number of ether oxygens (including phenoxy) is 1. The normalized spacial score (nSPS) is 24.0. The van der Waals surface area contributed by atoms with Crippen LogP contribution in [-0.2, 0) is 4.74 Å². The summed E-state index contributed by atoms with van der Waals surface area (Å²) in [5.74, 6) is 1.53. The Balaban J connectivity index is 1.49. The van der Waals surface area contributed by atoms with Crippen LogP contribution in [0.3, 0.4) is 0 Å². The van der Waals surface area contributed by atoms with E-state index >= 15 is 0 Å². The molecule has 2 aliphatic carbocycles. The predicted octanol–water partition coefficient (Wildman–Crippen LogP) is 1.80. The van der Waals surface area contributed by atoms with E-state index in [2.05, 4.69) is 19.2 Å². The largest absolute Gasteiger partial charge is 0.389 e. The van der Waals surface area contributed by atoms with Gasteiger partial charge in [-0.25, -0.2) is 0 Å². The summed E-state index contributed by atoms with van der Waals surface area (Å²) in [4.78, 5) is 0. The smallest absolute Gasteiger partial charge is 0.0897 e. The Kier molecular flexibility index (Phi) is 4.45. The molecule has 0 saturated heterocycles. The molecule has 2 fully saturated rings. The van der Waals surface area contributed by atoms with Crippen LogP contribution in [0.15, 0.2) is 0 Å². The third-order valence-electron chi connectivity index (χ3n) is 3.95. The summed E-state index contributed by atoms with van der Waals surface area (Å²) in [6.07, 6.45) is 5.29. The van der Waals surface area contributed by atoms with Crippen molar-refractivity contribution >= 4 is 0 Å². The van der Waals surface area contributed by atoms with Gasteiger partial charge in [0.05, 0.1) is 12.7 Å². The lowest BCUT2D eigenvalue weighted by atomic mass is 10.0. The minimum absolute atomic E-state index is 0.358. The lowest BCUT2D eigenvalue weighted by Gasteiger charge is -2.17. The summed E-state index contributed by atoms with van der Waals surface area (Å²) in [5, 5.41) is 13.2. The zero-order valence-corrected chi connectivity index (χ0v) is 11.2. The first-order chi connectivity index (χ1) is 8.12. The van der Waals surface area contributed by atoms with Gasteiger partial charge in [-0.3, -0.25) is 0 Å². The van der Waals surface area contributed by atoms with Crippen molar-refractivity contribution in [1.82, 2.24) is 5.32 Å². The van der Waals surface area contributed by atoms with Crippen LogP contribution in [0.5, 0.6) is 0 Å². The number of hydrogen-bond donors (Lipinski definition) is 2. The number of aliphatic hydroxyl groups excluding tert-OH is 1. The van der Waals surface area contributed by atoms with Gasteiger partial charge in [0.1, 0.15) is 0 Å². The molecule has 2 saturated carbocycles. The Morgan fingerprint density at radius 3 is 2.53 bits per heavy atom. The molecule has 0 aliphatic heterocycles. The lowest BCUT2D eigenvalue weighted by molar-refractivity contribution is 0.0256. The molecule has 0 radical (unpaired) electrons. The van der Waals surface area contributed by atoms with Gasteiger partial charge >= 0.3 is 0 Å². The van der Waals surface area contributed by atoms with Gasteiger partial charge < -0.3 is 15.2 Å². The van der Waals surface area contributed by atoms with Gasteiger partial charge in [0.15, 0.2) is 0 Å². The van der Waals surface area contributed by atoms with Crippen molar-refractivity contribution in [1.29, 1.82) is 0 Å². The van der Waals surface area contributed by atoms with Gasteiger partial charge in [-0.2, -0.15) is 0 Å². The van der Waals surface area contributed by atoms with Gasteiger partial charge in [-0.1, -0.05) is 13.8 Å². The molecule has 0 aromatic heterocycles. The van der Waals surface area contributed by atoms with E-state index in [4.69, 9.17) is 4.74 Å². The maximum atomic E-state index is 9.75. The van der Waals surface area contributed by atoms with Crippen LogP contribution in [0.25, 0.3) is 0 Å². The second-order valence-corrected chi connectivity index (χ2v) is 6.35. The highest BCUT2D eigenvalue weighted by molar-refractivity contribution is 5.05. The van der Waals surface area contributed by atoms with Crippen LogP contribution in [0, 0.1) is 17.3 Å². The summed E-state index contributed by atoms with van der Waals surface area (Å²) in [6.45, 7) is 7.21. The summed E-state index contributed by atoms with van der Waals surface area (Å²) in [7, 11) is 0. The average Bonchev–Trinajstić information content (AvgIpc) is 3.12. The van der Waals surface area contributed by atoms with E-state index < -0.39 is 0 Å². The van der Waals surface area contributed by atoms with E-state index in [1.165, 1.54) is 25.7 Å². The molecule has 0 aromatic carbocycles. The summed E-state index contributed by atoms with van der Waals surface area (Å²) < 4.78 is 5.42. The topological polar surface area (TPSA) is 41.5 Å². The first-order valence-electron chi connectivity index (χ1n) is 7.09. The summed E-state index contributed by atoms with van der Waals surface area (Å²) in [6, 6.07) is 0. The standard InChI is InChI=1S/C14H27NO2/c1-11(2)8-17-9-13(16)7-15-10-14(5-6-14)12-3-4-12/h11-13,15-16H,3-10H2,1-2H3. The molecule has 0 spiro atoms. The number of aliphatic hydroxyl groups is 1. The molecule has 3 nitrogen and oxygen atoms in total. The van der Waals surface area contributed by atoms with E-state index in [1.54, 1.807) is 0 Å². The molecule has 2 rings (SSSR count). The molecule has 1 atom stereocenters. The quantitative estimate of drug-likeness (QED) is 0.647. The zero-order valence-electron chi connectivity index (χ0n) is 11.2. The fourth-order valence-corrected chi connectivity index (χ4v) is 2.57. The Labute approximate surface area is 105 Å². The van der Waals surface area contributed by atoms with Crippen molar-refractivity contribution in [2.75, 3.05) is 26.3 Å². The minimum atomic E-state index is -0.358. The molecule has 3 heteroatoms. The van der Waals surface area contributed by atoms with Crippen LogP contribution in [0.2, 0.25) is 0 Å². The average molecular weight is 241 g/mol. The van der Waals surface area contributed by atoms with E-state index in [1.807, 2.05) is 0 Å². The Morgan fingerprint density at radius 1 is 1.29 bits per heavy atom. The van der Waals surface area contributed by atoms with Crippen molar-refractivity contribution < 1.29 is 9.84 Å². The number of hydrogen-bond acceptors (Lipinski definition) is 3. The zero-order chi connectivity index (χ0) is 12.3. The maximum absolute atomic E-state index is 9.75. The molecule has 17 heavy (non-hydrogen) atoms. The molecule has 2 aliphatic rings. The second-order valence-electron chi connectivity index (χ2n) is 6.35. The predicted molar refractivity (Wildman–Crippen MR) is 68.9 cm³/mol. The van der Waals surface area contributed by atoms with E-state index in [0.717, 1.165) is 19.1 Å².